The molecule has 0 unspecified atom stereocenters. The highest BCUT2D eigenvalue weighted by atomic mass is 16.1. The van der Waals surface area contributed by atoms with Crippen molar-refractivity contribution in [2.24, 2.45) is 5.41 Å². The first kappa shape index (κ1) is 13.3. The lowest BCUT2D eigenvalue weighted by Gasteiger charge is -2.40. The van der Waals surface area contributed by atoms with Crippen LogP contribution < -0.4 is 5.32 Å². The van der Waals surface area contributed by atoms with Gasteiger partial charge in [-0.25, -0.2) is 0 Å². The van der Waals surface area contributed by atoms with Gasteiger partial charge in [-0.3, -0.25) is 4.79 Å². The van der Waals surface area contributed by atoms with Crippen LogP contribution in [0.5, 0.6) is 0 Å². The van der Waals surface area contributed by atoms with E-state index in [9.17, 15) is 4.79 Å². The second kappa shape index (κ2) is 4.85. The van der Waals surface area contributed by atoms with E-state index in [0.717, 1.165) is 6.42 Å². The molecule has 0 fully saturated rings. The monoisotopic (exact) mass is 245 g/mol. The number of rotatable bonds is 2. The van der Waals surface area contributed by atoms with Crippen molar-refractivity contribution in [1.29, 1.82) is 0 Å². The molecule has 1 aliphatic heterocycles. The minimum Gasteiger partial charge on any atom is -0.306 e. The van der Waals surface area contributed by atoms with E-state index in [4.69, 9.17) is 0 Å². The van der Waals surface area contributed by atoms with Crippen LogP contribution in [0.1, 0.15) is 51.3 Å². The fourth-order valence-corrected chi connectivity index (χ4v) is 2.85. The average molecular weight is 245 g/mol. The Kier molecular flexibility index (Phi) is 3.58. The third kappa shape index (κ3) is 2.81. The van der Waals surface area contributed by atoms with Crippen molar-refractivity contribution >= 4 is 5.78 Å². The zero-order chi connectivity index (χ0) is 13.3. The quantitative estimate of drug-likeness (QED) is 0.866. The van der Waals surface area contributed by atoms with Gasteiger partial charge in [0, 0.05) is 18.5 Å². The number of nitrogens with one attached hydrogen (secondary N) is 1. The molecule has 0 saturated carbocycles. The molecule has 2 rings (SSSR count). The first-order chi connectivity index (χ1) is 8.38. The summed E-state index contributed by atoms with van der Waals surface area (Å²) in [6, 6.07) is 9.21. The molecule has 0 radical (unpaired) electrons. The summed E-state index contributed by atoms with van der Waals surface area (Å²) in [5, 5.41) is 3.66. The van der Waals surface area contributed by atoms with Gasteiger partial charge in [-0.05, 0) is 29.9 Å². The van der Waals surface area contributed by atoms with Crippen molar-refractivity contribution in [3.05, 3.63) is 35.4 Å². The minimum atomic E-state index is 0.158. The Morgan fingerprint density at radius 3 is 2.61 bits per heavy atom. The van der Waals surface area contributed by atoms with Crippen molar-refractivity contribution in [2.45, 2.75) is 52.6 Å². The first-order valence-corrected chi connectivity index (χ1v) is 6.71. The van der Waals surface area contributed by atoms with Gasteiger partial charge in [-0.15, -0.1) is 0 Å². The van der Waals surface area contributed by atoms with E-state index in [0.29, 0.717) is 12.5 Å². The topological polar surface area (TPSA) is 29.1 Å². The lowest BCUT2D eigenvalue weighted by Crippen LogP contribution is -2.45. The number of Topliss-reactive ketones (excluding diaryl/α,β-unsaturated/α-hetero) is 1. The molecule has 18 heavy (non-hydrogen) atoms. The Morgan fingerprint density at radius 2 is 2.00 bits per heavy atom. The van der Waals surface area contributed by atoms with Gasteiger partial charge in [0.05, 0.1) is 0 Å². The molecule has 0 saturated heterocycles. The Bertz CT molecular complexity index is 445. The van der Waals surface area contributed by atoms with Gasteiger partial charge in [-0.1, -0.05) is 45.0 Å². The lowest BCUT2D eigenvalue weighted by atomic mass is 9.76. The lowest BCUT2D eigenvalue weighted by molar-refractivity contribution is -0.117. The molecule has 1 aromatic rings. The van der Waals surface area contributed by atoms with Crippen LogP contribution in [0.2, 0.25) is 0 Å². The molecular formula is C16H23NO. The fourth-order valence-electron chi connectivity index (χ4n) is 2.85. The average Bonchev–Trinajstić information content (AvgIpc) is 2.25. The van der Waals surface area contributed by atoms with Crippen LogP contribution >= 0.6 is 0 Å². The second-order valence-electron chi connectivity index (χ2n) is 6.47. The Morgan fingerprint density at radius 1 is 1.33 bits per heavy atom. The summed E-state index contributed by atoms with van der Waals surface area (Å²) in [6.45, 7) is 8.42. The molecule has 2 heteroatoms. The van der Waals surface area contributed by atoms with E-state index in [1.165, 1.54) is 11.1 Å². The van der Waals surface area contributed by atoms with E-state index in [1.54, 1.807) is 6.92 Å². The zero-order valence-electron chi connectivity index (χ0n) is 11.8. The molecule has 1 aromatic carbocycles. The van der Waals surface area contributed by atoms with Gasteiger partial charge in [0.15, 0.2) is 0 Å². The highest BCUT2D eigenvalue weighted by Crippen LogP contribution is 2.38. The van der Waals surface area contributed by atoms with Crippen molar-refractivity contribution in [1.82, 2.24) is 5.32 Å². The summed E-state index contributed by atoms with van der Waals surface area (Å²) in [4.78, 5) is 11.3. The predicted molar refractivity (Wildman–Crippen MR) is 74.6 cm³/mol. The summed E-state index contributed by atoms with van der Waals surface area (Å²) in [6.07, 6.45) is 1.59. The maximum Gasteiger partial charge on any atom is 0.131 e. The van der Waals surface area contributed by atoms with E-state index >= 15 is 0 Å². The van der Waals surface area contributed by atoms with E-state index in [1.807, 2.05) is 0 Å². The van der Waals surface area contributed by atoms with Crippen LogP contribution in [0.3, 0.4) is 0 Å². The van der Waals surface area contributed by atoms with Crippen molar-refractivity contribution in [3.8, 4) is 0 Å². The maximum absolute atomic E-state index is 11.3. The standard InChI is InChI=1S/C16H23NO/c1-11(18)9-13-10-12-7-5-6-8-14(12)15(17-13)16(2,3)4/h5-8,13,15,17H,9-10H2,1-4H3/t13-,15+/m0/s1. The molecule has 1 heterocycles. The van der Waals surface area contributed by atoms with Crippen LogP contribution in [-0.4, -0.2) is 11.8 Å². The number of benzene rings is 1. The number of carbonyl (C=O) groups is 1. The smallest absolute Gasteiger partial charge is 0.131 e. The molecule has 2 atom stereocenters. The largest absolute Gasteiger partial charge is 0.306 e. The number of fused-ring (bicyclic) bond motifs is 1. The second-order valence-corrected chi connectivity index (χ2v) is 6.47. The van der Waals surface area contributed by atoms with E-state index in [-0.39, 0.29) is 17.2 Å². The van der Waals surface area contributed by atoms with Gasteiger partial charge in [0.25, 0.3) is 0 Å². The highest BCUT2D eigenvalue weighted by molar-refractivity contribution is 5.76. The molecular weight excluding hydrogens is 222 g/mol. The number of carbonyl (C=O) groups excluding carboxylic acids is 1. The number of hydrogen-bond donors (Lipinski definition) is 1. The summed E-state index contributed by atoms with van der Waals surface area (Å²) in [5.74, 6) is 0.263. The molecule has 0 aromatic heterocycles. The van der Waals surface area contributed by atoms with E-state index in [2.05, 4.69) is 50.4 Å². The number of ketones is 1. The Labute approximate surface area is 110 Å². The van der Waals surface area contributed by atoms with Crippen molar-refractivity contribution in [2.75, 3.05) is 0 Å². The molecule has 1 aliphatic rings. The summed E-state index contributed by atoms with van der Waals surface area (Å²) < 4.78 is 0. The molecule has 2 nitrogen and oxygen atoms in total. The molecule has 1 N–H and O–H groups in total. The fraction of sp³-hybridized carbons (Fsp3) is 0.562. The van der Waals surface area contributed by atoms with Crippen molar-refractivity contribution < 1.29 is 4.79 Å². The van der Waals surface area contributed by atoms with Crippen LogP contribution in [0.4, 0.5) is 0 Å². The molecule has 98 valence electrons. The highest BCUT2D eigenvalue weighted by Gasteiger charge is 2.33. The van der Waals surface area contributed by atoms with Gasteiger partial charge >= 0.3 is 0 Å². The van der Waals surface area contributed by atoms with Gasteiger partial charge in [0.2, 0.25) is 0 Å². The SMILES string of the molecule is CC(=O)C[C@H]1Cc2ccccc2[C@H](C(C)(C)C)N1. The van der Waals surface area contributed by atoms with Crippen molar-refractivity contribution in [3.63, 3.8) is 0 Å². The van der Waals surface area contributed by atoms with E-state index < -0.39 is 0 Å². The summed E-state index contributed by atoms with van der Waals surface area (Å²) in [5.41, 5.74) is 2.94. The van der Waals surface area contributed by atoms with Crippen LogP contribution in [0.25, 0.3) is 0 Å². The zero-order valence-corrected chi connectivity index (χ0v) is 11.8. The predicted octanol–water partition coefficient (Wildman–Crippen LogP) is 3.27. The van der Waals surface area contributed by atoms with Crippen LogP contribution in [0, 0.1) is 5.41 Å². The summed E-state index contributed by atoms with van der Waals surface area (Å²) >= 11 is 0. The normalized spacial score (nSPS) is 23.6. The Hall–Kier alpha value is -1.15. The summed E-state index contributed by atoms with van der Waals surface area (Å²) in [7, 11) is 0. The third-order valence-electron chi connectivity index (χ3n) is 3.63. The Balaban J connectivity index is 2.32. The van der Waals surface area contributed by atoms with Crippen LogP contribution in [0.15, 0.2) is 24.3 Å². The minimum absolute atomic E-state index is 0.158. The third-order valence-corrected chi connectivity index (χ3v) is 3.63. The van der Waals surface area contributed by atoms with Gasteiger partial charge < -0.3 is 5.32 Å². The number of hydrogen-bond acceptors (Lipinski definition) is 2. The van der Waals surface area contributed by atoms with Crippen LogP contribution in [-0.2, 0) is 11.2 Å². The molecule has 0 spiro atoms. The molecule has 0 amide bonds. The van der Waals surface area contributed by atoms with Gasteiger partial charge in [0.1, 0.15) is 5.78 Å². The van der Waals surface area contributed by atoms with Gasteiger partial charge in [-0.2, -0.15) is 0 Å². The molecule has 0 bridgehead atoms. The first-order valence-electron chi connectivity index (χ1n) is 6.71. The maximum atomic E-state index is 11.3. The molecule has 0 aliphatic carbocycles.